The third kappa shape index (κ3) is 3.21. The topological polar surface area (TPSA) is 80.9 Å². The van der Waals surface area contributed by atoms with Crippen molar-refractivity contribution in [2.45, 2.75) is 16.8 Å². The van der Waals surface area contributed by atoms with Crippen molar-refractivity contribution in [2.75, 3.05) is 0 Å². The second kappa shape index (κ2) is 6.17. The van der Waals surface area contributed by atoms with E-state index in [0.717, 1.165) is 4.90 Å². The van der Waals surface area contributed by atoms with E-state index < -0.39 is 5.97 Å². The highest BCUT2D eigenvalue weighted by atomic mass is 32.2. The van der Waals surface area contributed by atoms with Crippen LogP contribution in [0.3, 0.4) is 0 Å². The van der Waals surface area contributed by atoms with E-state index in [1.807, 2.05) is 0 Å². The van der Waals surface area contributed by atoms with Gasteiger partial charge in [-0.1, -0.05) is 11.8 Å². The molecule has 0 saturated heterocycles. The maximum atomic E-state index is 12.9. The number of benzene rings is 1. The predicted molar refractivity (Wildman–Crippen MR) is 81.4 cm³/mol. The van der Waals surface area contributed by atoms with Gasteiger partial charge in [0.1, 0.15) is 22.7 Å². The SMILES string of the molecule is Cc1c(C(=O)O)cnn1-c1cc(Sc2ccc(F)cc2)ncn1. The molecule has 8 heteroatoms. The molecule has 0 aliphatic rings. The molecule has 0 aliphatic heterocycles. The number of nitrogens with zero attached hydrogens (tertiary/aromatic N) is 4. The molecule has 1 aromatic carbocycles. The lowest BCUT2D eigenvalue weighted by molar-refractivity contribution is 0.0696. The van der Waals surface area contributed by atoms with Crippen LogP contribution in [0.15, 0.2) is 52.8 Å². The van der Waals surface area contributed by atoms with Crippen molar-refractivity contribution < 1.29 is 14.3 Å². The number of halogens is 1. The van der Waals surface area contributed by atoms with Gasteiger partial charge in [0.2, 0.25) is 0 Å². The van der Waals surface area contributed by atoms with Crippen LogP contribution in [0.4, 0.5) is 4.39 Å². The third-order valence-corrected chi connectivity index (χ3v) is 4.06. The number of carboxylic acid groups (broad SMARTS) is 1. The molecule has 0 spiro atoms. The Morgan fingerprint density at radius 2 is 2.00 bits per heavy atom. The van der Waals surface area contributed by atoms with E-state index in [4.69, 9.17) is 5.11 Å². The summed E-state index contributed by atoms with van der Waals surface area (Å²) in [7, 11) is 0. The minimum absolute atomic E-state index is 0.122. The Morgan fingerprint density at radius 3 is 2.65 bits per heavy atom. The quantitative estimate of drug-likeness (QED) is 0.741. The fourth-order valence-electron chi connectivity index (χ4n) is 1.98. The third-order valence-electron chi connectivity index (χ3n) is 3.12. The minimum atomic E-state index is -1.04. The molecule has 0 aliphatic carbocycles. The van der Waals surface area contributed by atoms with Gasteiger partial charge in [0, 0.05) is 11.0 Å². The number of aromatic nitrogens is 4. The second-order valence-electron chi connectivity index (χ2n) is 4.63. The van der Waals surface area contributed by atoms with E-state index in [9.17, 15) is 9.18 Å². The summed E-state index contributed by atoms with van der Waals surface area (Å²) in [5, 5.41) is 13.8. The van der Waals surface area contributed by atoms with Crippen LogP contribution in [-0.2, 0) is 0 Å². The van der Waals surface area contributed by atoms with Crippen LogP contribution in [0.2, 0.25) is 0 Å². The van der Waals surface area contributed by atoms with Crippen molar-refractivity contribution in [1.82, 2.24) is 19.7 Å². The molecule has 2 aromatic heterocycles. The molecule has 0 bridgehead atoms. The lowest BCUT2D eigenvalue weighted by atomic mass is 10.3. The Kier molecular flexibility index (Phi) is 4.07. The van der Waals surface area contributed by atoms with Crippen molar-refractivity contribution in [2.24, 2.45) is 0 Å². The van der Waals surface area contributed by atoms with Gasteiger partial charge in [-0.15, -0.1) is 0 Å². The summed E-state index contributed by atoms with van der Waals surface area (Å²) in [4.78, 5) is 20.2. The Labute approximate surface area is 135 Å². The summed E-state index contributed by atoms with van der Waals surface area (Å²) >= 11 is 1.35. The molecule has 0 radical (unpaired) electrons. The number of rotatable bonds is 4. The van der Waals surface area contributed by atoms with Gasteiger partial charge in [0.05, 0.1) is 11.9 Å². The molecule has 0 fully saturated rings. The molecule has 3 rings (SSSR count). The largest absolute Gasteiger partial charge is 0.478 e. The lowest BCUT2D eigenvalue weighted by Gasteiger charge is -2.06. The van der Waals surface area contributed by atoms with Crippen molar-refractivity contribution >= 4 is 17.7 Å². The van der Waals surface area contributed by atoms with Crippen molar-refractivity contribution in [3.05, 3.63) is 59.9 Å². The summed E-state index contributed by atoms with van der Waals surface area (Å²) in [5.41, 5.74) is 0.602. The molecule has 1 N–H and O–H groups in total. The monoisotopic (exact) mass is 330 g/mol. The first-order valence-corrected chi connectivity index (χ1v) is 7.40. The average molecular weight is 330 g/mol. The summed E-state index contributed by atoms with van der Waals surface area (Å²) < 4.78 is 14.4. The summed E-state index contributed by atoms with van der Waals surface area (Å²) in [6.07, 6.45) is 2.66. The number of aromatic carboxylic acids is 1. The highest BCUT2D eigenvalue weighted by molar-refractivity contribution is 7.99. The smallest absolute Gasteiger partial charge is 0.339 e. The molecular formula is C15H11FN4O2S. The first-order chi connectivity index (χ1) is 11.0. The average Bonchev–Trinajstić information content (AvgIpc) is 2.92. The van der Waals surface area contributed by atoms with Crippen LogP contribution in [0, 0.1) is 12.7 Å². The van der Waals surface area contributed by atoms with Crippen LogP contribution in [-0.4, -0.2) is 30.8 Å². The van der Waals surface area contributed by atoms with E-state index in [0.29, 0.717) is 16.5 Å². The Morgan fingerprint density at radius 1 is 1.26 bits per heavy atom. The van der Waals surface area contributed by atoms with Crippen molar-refractivity contribution in [3.8, 4) is 5.82 Å². The maximum Gasteiger partial charge on any atom is 0.339 e. The fourth-order valence-corrected chi connectivity index (χ4v) is 2.75. The Hall–Kier alpha value is -2.74. The van der Waals surface area contributed by atoms with Crippen LogP contribution in [0.1, 0.15) is 16.1 Å². The number of hydrogen-bond acceptors (Lipinski definition) is 5. The first-order valence-electron chi connectivity index (χ1n) is 6.58. The molecule has 116 valence electrons. The summed E-state index contributed by atoms with van der Waals surface area (Å²) in [5.74, 6) is -0.871. The Bertz CT molecular complexity index is 864. The van der Waals surface area contributed by atoms with Gasteiger partial charge in [0.25, 0.3) is 0 Å². The molecule has 0 amide bonds. The molecule has 3 aromatic rings. The number of carbonyl (C=O) groups is 1. The van der Waals surface area contributed by atoms with Crippen LogP contribution in [0.5, 0.6) is 0 Å². The Balaban J connectivity index is 1.91. The lowest BCUT2D eigenvalue weighted by Crippen LogP contribution is -2.04. The van der Waals surface area contributed by atoms with E-state index >= 15 is 0 Å². The van der Waals surface area contributed by atoms with Crippen LogP contribution in [0.25, 0.3) is 5.82 Å². The molecule has 6 nitrogen and oxygen atoms in total. The molecule has 23 heavy (non-hydrogen) atoms. The molecule has 0 saturated carbocycles. The highest BCUT2D eigenvalue weighted by Gasteiger charge is 2.15. The van der Waals surface area contributed by atoms with Gasteiger partial charge < -0.3 is 5.11 Å². The zero-order valence-corrected chi connectivity index (χ0v) is 12.8. The number of hydrogen-bond donors (Lipinski definition) is 1. The molecular weight excluding hydrogens is 319 g/mol. The van der Waals surface area contributed by atoms with Gasteiger partial charge in [-0.05, 0) is 31.2 Å². The molecule has 0 atom stereocenters. The van der Waals surface area contributed by atoms with E-state index in [1.165, 1.54) is 41.1 Å². The minimum Gasteiger partial charge on any atom is -0.478 e. The van der Waals surface area contributed by atoms with E-state index in [-0.39, 0.29) is 11.4 Å². The summed E-state index contributed by atoms with van der Waals surface area (Å²) in [6, 6.07) is 7.76. The van der Waals surface area contributed by atoms with E-state index in [2.05, 4.69) is 15.1 Å². The van der Waals surface area contributed by atoms with Crippen LogP contribution < -0.4 is 0 Å². The van der Waals surface area contributed by atoms with Crippen LogP contribution >= 0.6 is 11.8 Å². The second-order valence-corrected chi connectivity index (χ2v) is 5.72. The van der Waals surface area contributed by atoms with Gasteiger partial charge in [-0.3, -0.25) is 0 Å². The normalized spacial score (nSPS) is 10.7. The van der Waals surface area contributed by atoms with Gasteiger partial charge in [-0.2, -0.15) is 5.10 Å². The zero-order valence-electron chi connectivity index (χ0n) is 12.0. The first kappa shape index (κ1) is 15.2. The van der Waals surface area contributed by atoms with E-state index in [1.54, 1.807) is 25.1 Å². The maximum absolute atomic E-state index is 12.9. The van der Waals surface area contributed by atoms with Crippen molar-refractivity contribution in [1.29, 1.82) is 0 Å². The van der Waals surface area contributed by atoms with Gasteiger partial charge in [-0.25, -0.2) is 23.8 Å². The zero-order chi connectivity index (χ0) is 16.4. The van der Waals surface area contributed by atoms with Gasteiger partial charge >= 0.3 is 5.97 Å². The van der Waals surface area contributed by atoms with Crippen molar-refractivity contribution in [3.63, 3.8) is 0 Å². The standard InChI is InChI=1S/C15H11FN4O2S/c1-9-12(15(21)22)7-19-20(9)13-6-14(18-8-17-13)23-11-4-2-10(16)3-5-11/h2-8H,1H3,(H,21,22). The highest BCUT2D eigenvalue weighted by Crippen LogP contribution is 2.26. The predicted octanol–water partition coefficient (Wildman–Crippen LogP) is 2.96. The molecule has 0 unspecified atom stereocenters. The summed E-state index contributed by atoms with van der Waals surface area (Å²) in [6.45, 7) is 1.66. The van der Waals surface area contributed by atoms with Gasteiger partial charge in [0.15, 0.2) is 5.82 Å². The molecule has 2 heterocycles. The fraction of sp³-hybridized carbons (Fsp3) is 0.0667. The number of carboxylic acids is 1.